The third-order valence-electron chi connectivity index (χ3n) is 13.3. The Bertz CT molecular complexity index is 1170. The van der Waals surface area contributed by atoms with Crippen molar-refractivity contribution in [1.29, 1.82) is 0 Å². The van der Waals surface area contributed by atoms with E-state index in [1.54, 1.807) is 0 Å². The van der Waals surface area contributed by atoms with Crippen LogP contribution in [0.1, 0.15) is 92.4 Å². The number of aliphatic hydroxyl groups excluding tert-OH is 4. The van der Waals surface area contributed by atoms with Gasteiger partial charge in [0.2, 0.25) is 0 Å². The molecule has 46 heavy (non-hydrogen) atoms. The van der Waals surface area contributed by atoms with Gasteiger partial charge in [0, 0.05) is 19.4 Å². The second kappa shape index (κ2) is 13.4. The van der Waals surface area contributed by atoms with Crippen molar-refractivity contribution in [1.82, 2.24) is 0 Å². The van der Waals surface area contributed by atoms with Crippen molar-refractivity contribution in [2.24, 2.45) is 46.3 Å². The second-order valence-electron chi connectivity index (χ2n) is 16.2. The predicted molar refractivity (Wildman–Crippen MR) is 167 cm³/mol. The maximum absolute atomic E-state index is 12.6. The molecular formula is C33H58O12S. The topological polar surface area (TPSA) is 192 Å². The molecule has 1 heterocycles. The van der Waals surface area contributed by atoms with Gasteiger partial charge in [0.25, 0.3) is 0 Å². The standard InChI is InChI=1S/C33H58O12S/c1-17(2)24(44-30-27(37)28(42-6)25(45-30)16-43-46(39,40)41)8-7-18(3)20-14-22(35)29-32(20,5)12-10-26-31(4)11-9-19(34)13-21(31)23(36)15-33(26,29)38/h17-30,34-38H,7-16H2,1-6H3,(H,39,40,41). The van der Waals surface area contributed by atoms with Crippen LogP contribution in [0.15, 0.2) is 0 Å². The average molecular weight is 679 g/mol. The van der Waals surface area contributed by atoms with Crippen LogP contribution in [0.2, 0.25) is 0 Å². The Hall–Kier alpha value is -0.450. The predicted octanol–water partition coefficient (Wildman–Crippen LogP) is 2.44. The van der Waals surface area contributed by atoms with Crippen molar-refractivity contribution in [2.75, 3.05) is 13.7 Å². The molecular weight excluding hydrogens is 620 g/mol. The molecule has 5 aliphatic rings. The molecule has 12 nitrogen and oxygen atoms in total. The minimum absolute atomic E-state index is 0.0399. The van der Waals surface area contributed by atoms with Crippen LogP contribution in [-0.4, -0.2) is 107 Å². The molecule has 0 radical (unpaired) electrons. The smallest absolute Gasteiger partial charge is 0.393 e. The summed E-state index contributed by atoms with van der Waals surface area (Å²) in [7, 11) is -3.33. The van der Waals surface area contributed by atoms with Crippen LogP contribution in [0.5, 0.6) is 0 Å². The number of fused-ring (bicyclic) bond motifs is 5. The van der Waals surface area contributed by atoms with Gasteiger partial charge in [-0.05, 0) is 91.8 Å². The molecule has 0 spiro atoms. The minimum Gasteiger partial charge on any atom is -0.393 e. The van der Waals surface area contributed by atoms with Crippen molar-refractivity contribution in [3.8, 4) is 0 Å². The summed E-state index contributed by atoms with van der Waals surface area (Å²) < 4.78 is 53.0. The van der Waals surface area contributed by atoms with Crippen molar-refractivity contribution in [3.05, 3.63) is 0 Å². The summed E-state index contributed by atoms with van der Waals surface area (Å²) in [6.07, 6.45) is -0.342. The number of aliphatic hydroxyl groups is 5. The van der Waals surface area contributed by atoms with E-state index in [2.05, 4.69) is 25.0 Å². The number of methoxy groups -OCH3 is 1. The van der Waals surface area contributed by atoms with Gasteiger partial charge in [-0.15, -0.1) is 0 Å². The molecule has 1 aliphatic heterocycles. The zero-order valence-corrected chi connectivity index (χ0v) is 29.0. The molecule has 268 valence electrons. The van der Waals surface area contributed by atoms with Gasteiger partial charge in [-0.25, -0.2) is 4.18 Å². The van der Waals surface area contributed by atoms with Gasteiger partial charge in [-0.2, -0.15) is 8.42 Å². The van der Waals surface area contributed by atoms with Crippen LogP contribution in [0.3, 0.4) is 0 Å². The summed E-state index contributed by atoms with van der Waals surface area (Å²) in [6.45, 7) is 10.1. The first-order chi connectivity index (χ1) is 21.4. The summed E-state index contributed by atoms with van der Waals surface area (Å²) in [5.41, 5.74) is -1.78. The summed E-state index contributed by atoms with van der Waals surface area (Å²) in [5, 5.41) is 56.8. The maximum atomic E-state index is 12.6. The molecule has 5 rings (SSSR count). The lowest BCUT2D eigenvalue weighted by atomic mass is 9.42. The fraction of sp³-hybridized carbons (Fsp3) is 1.00. The molecule has 1 saturated heterocycles. The first kappa shape index (κ1) is 36.8. The SMILES string of the molecule is COC1C(COS(=O)(=O)O)OC(OC(CCC(C)C2CC(O)C3C2(C)CCC2C4(C)CCC(O)CC4C(O)CC23O)C(C)C)C1O. The molecule has 0 amide bonds. The van der Waals surface area contributed by atoms with E-state index in [-0.39, 0.29) is 58.9 Å². The van der Waals surface area contributed by atoms with Crippen LogP contribution >= 0.6 is 0 Å². The van der Waals surface area contributed by atoms with Gasteiger partial charge in [0.15, 0.2) is 6.29 Å². The third-order valence-corrected chi connectivity index (χ3v) is 13.8. The number of ether oxygens (including phenoxy) is 3. The van der Waals surface area contributed by atoms with Gasteiger partial charge in [0.05, 0.1) is 36.6 Å². The highest BCUT2D eigenvalue weighted by atomic mass is 32.3. The Morgan fingerprint density at radius 2 is 1.63 bits per heavy atom. The molecule has 0 aromatic heterocycles. The normalized spacial score (nSPS) is 48.9. The number of hydrogen-bond acceptors (Lipinski definition) is 11. The molecule has 5 fully saturated rings. The lowest BCUT2D eigenvalue weighted by Crippen LogP contribution is -2.68. The van der Waals surface area contributed by atoms with E-state index < -0.39 is 65.5 Å². The Kier molecular flexibility index (Phi) is 10.7. The van der Waals surface area contributed by atoms with Crippen LogP contribution < -0.4 is 0 Å². The van der Waals surface area contributed by atoms with E-state index in [1.165, 1.54) is 7.11 Å². The van der Waals surface area contributed by atoms with E-state index >= 15 is 0 Å². The molecule has 6 N–H and O–H groups in total. The van der Waals surface area contributed by atoms with Crippen molar-refractivity contribution < 1.29 is 56.9 Å². The van der Waals surface area contributed by atoms with Crippen molar-refractivity contribution >= 4 is 10.4 Å². The van der Waals surface area contributed by atoms with Crippen LogP contribution in [0.25, 0.3) is 0 Å². The molecule has 4 aliphatic carbocycles. The first-order valence-electron chi connectivity index (χ1n) is 17.3. The highest BCUT2D eigenvalue weighted by Gasteiger charge is 2.70. The van der Waals surface area contributed by atoms with Gasteiger partial charge >= 0.3 is 10.4 Å². The van der Waals surface area contributed by atoms with Gasteiger partial charge in [-0.1, -0.05) is 34.6 Å². The lowest BCUT2D eigenvalue weighted by Gasteiger charge is -2.66. The van der Waals surface area contributed by atoms with E-state index in [9.17, 15) is 34.0 Å². The molecule has 4 saturated carbocycles. The van der Waals surface area contributed by atoms with Crippen LogP contribution in [-0.2, 0) is 28.8 Å². The first-order valence-corrected chi connectivity index (χ1v) is 18.6. The Balaban J connectivity index is 1.26. The van der Waals surface area contributed by atoms with E-state index in [0.717, 1.165) is 25.7 Å². The largest absolute Gasteiger partial charge is 0.397 e. The van der Waals surface area contributed by atoms with Crippen LogP contribution in [0.4, 0.5) is 0 Å². The summed E-state index contributed by atoms with van der Waals surface area (Å²) in [6, 6.07) is 0. The van der Waals surface area contributed by atoms with E-state index in [4.69, 9.17) is 18.8 Å². The molecule has 0 bridgehead atoms. The number of rotatable bonds is 11. The zero-order chi connectivity index (χ0) is 34.0. The fourth-order valence-electron chi connectivity index (χ4n) is 11.2. The monoisotopic (exact) mass is 678 g/mol. The minimum atomic E-state index is -4.70. The van der Waals surface area contributed by atoms with Gasteiger partial charge < -0.3 is 39.7 Å². The summed E-state index contributed by atoms with van der Waals surface area (Å²) in [5.74, 6) is -0.0431. The fourth-order valence-corrected chi connectivity index (χ4v) is 11.5. The summed E-state index contributed by atoms with van der Waals surface area (Å²) >= 11 is 0. The highest BCUT2D eigenvalue weighted by molar-refractivity contribution is 7.80. The maximum Gasteiger partial charge on any atom is 0.397 e. The second-order valence-corrected chi connectivity index (χ2v) is 17.3. The molecule has 16 unspecified atom stereocenters. The van der Waals surface area contributed by atoms with Crippen LogP contribution in [0, 0.1) is 46.3 Å². The Morgan fingerprint density at radius 1 is 0.957 bits per heavy atom. The Labute approximate surface area is 274 Å². The highest BCUT2D eigenvalue weighted by Crippen LogP contribution is 2.69. The molecule has 16 atom stereocenters. The van der Waals surface area contributed by atoms with Gasteiger partial charge in [0.1, 0.15) is 18.3 Å². The third kappa shape index (κ3) is 6.57. The average Bonchev–Trinajstić information content (AvgIpc) is 3.41. The number of hydrogen-bond donors (Lipinski definition) is 6. The zero-order valence-electron chi connectivity index (χ0n) is 28.2. The molecule has 0 aromatic rings. The van der Waals surface area contributed by atoms with Crippen molar-refractivity contribution in [3.63, 3.8) is 0 Å². The molecule has 0 aromatic carbocycles. The lowest BCUT2D eigenvalue weighted by molar-refractivity contribution is -0.263. The summed E-state index contributed by atoms with van der Waals surface area (Å²) in [4.78, 5) is 0. The van der Waals surface area contributed by atoms with E-state index in [1.807, 2.05) is 13.8 Å². The van der Waals surface area contributed by atoms with E-state index in [0.29, 0.717) is 25.7 Å². The van der Waals surface area contributed by atoms with Crippen molar-refractivity contribution in [2.45, 2.75) is 147 Å². The molecule has 13 heteroatoms. The Morgan fingerprint density at radius 3 is 2.26 bits per heavy atom. The quantitative estimate of drug-likeness (QED) is 0.175. The van der Waals surface area contributed by atoms with Gasteiger partial charge in [-0.3, -0.25) is 4.55 Å².